The molecule has 5 heteroatoms. The Labute approximate surface area is 147 Å². The smallest absolute Gasteiger partial charge is 0.253 e. The molecule has 1 N–H and O–H groups in total. The van der Waals surface area contributed by atoms with E-state index in [9.17, 15) is 9.59 Å². The zero-order chi connectivity index (χ0) is 17.3. The Morgan fingerprint density at radius 2 is 1.76 bits per heavy atom. The molecule has 2 saturated heterocycles. The molecule has 128 valence electrons. The van der Waals surface area contributed by atoms with Crippen molar-refractivity contribution in [3.05, 3.63) is 66.0 Å². The largest absolute Gasteiger partial charge is 0.350 e. The first-order valence-corrected chi connectivity index (χ1v) is 8.73. The van der Waals surface area contributed by atoms with Crippen LogP contribution >= 0.6 is 0 Å². The number of hydrogen-bond donors (Lipinski definition) is 1. The average molecular weight is 335 g/mol. The van der Waals surface area contributed by atoms with Gasteiger partial charge in [0.25, 0.3) is 5.91 Å². The summed E-state index contributed by atoms with van der Waals surface area (Å²) >= 11 is 0. The van der Waals surface area contributed by atoms with Crippen LogP contribution in [0.4, 0.5) is 0 Å². The van der Waals surface area contributed by atoms with E-state index in [1.165, 1.54) is 5.56 Å². The first-order chi connectivity index (χ1) is 12.2. The first kappa shape index (κ1) is 15.8. The second-order valence-corrected chi connectivity index (χ2v) is 6.90. The summed E-state index contributed by atoms with van der Waals surface area (Å²) < 4.78 is 0. The molecule has 1 spiro atoms. The Balaban J connectivity index is 1.51. The number of pyridine rings is 1. The second kappa shape index (κ2) is 6.31. The van der Waals surface area contributed by atoms with E-state index in [-0.39, 0.29) is 23.3 Å². The van der Waals surface area contributed by atoms with E-state index in [4.69, 9.17) is 0 Å². The van der Waals surface area contributed by atoms with Crippen molar-refractivity contribution in [2.45, 2.75) is 30.7 Å². The van der Waals surface area contributed by atoms with E-state index in [2.05, 4.69) is 22.4 Å². The van der Waals surface area contributed by atoms with E-state index in [0.717, 1.165) is 12.8 Å². The van der Waals surface area contributed by atoms with E-state index in [1.54, 1.807) is 24.5 Å². The summed E-state index contributed by atoms with van der Waals surface area (Å²) in [4.78, 5) is 30.6. The second-order valence-electron chi connectivity index (χ2n) is 6.90. The van der Waals surface area contributed by atoms with Crippen LogP contribution in [-0.4, -0.2) is 40.3 Å². The van der Waals surface area contributed by atoms with E-state index >= 15 is 0 Å². The molecule has 1 unspecified atom stereocenters. The van der Waals surface area contributed by atoms with Crippen LogP contribution in [0.3, 0.4) is 0 Å². The van der Waals surface area contributed by atoms with Crippen molar-refractivity contribution in [3.8, 4) is 0 Å². The molecule has 1 aromatic heterocycles. The highest BCUT2D eigenvalue weighted by molar-refractivity contribution is 5.94. The van der Waals surface area contributed by atoms with Gasteiger partial charge in [-0.05, 0) is 30.5 Å². The van der Waals surface area contributed by atoms with Crippen LogP contribution < -0.4 is 5.32 Å². The molecule has 2 aliphatic heterocycles. The zero-order valence-corrected chi connectivity index (χ0v) is 14.0. The molecule has 2 fully saturated rings. The fraction of sp³-hybridized carbons (Fsp3) is 0.350. The maximum atomic E-state index is 12.6. The zero-order valence-electron chi connectivity index (χ0n) is 14.0. The number of likely N-dealkylation sites (tertiary alicyclic amines) is 1. The van der Waals surface area contributed by atoms with Crippen molar-refractivity contribution in [2.75, 3.05) is 13.1 Å². The van der Waals surface area contributed by atoms with Gasteiger partial charge in [-0.3, -0.25) is 14.6 Å². The maximum Gasteiger partial charge on any atom is 0.253 e. The Bertz CT molecular complexity index is 768. The lowest BCUT2D eigenvalue weighted by Crippen LogP contribution is -2.54. The van der Waals surface area contributed by atoms with Crippen molar-refractivity contribution < 1.29 is 9.59 Å². The third-order valence-corrected chi connectivity index (χ3v) is 5.52. The van der Waals surface area contributed by atoms with Crippen LogP contribution in [-0.2, 0) is 4.79 Å². The van der Waals surface area contributed by atoms with Crippen LogP contribution in [0.1, 0.15) is 41.1 Å². The van der Waals surface area contributed by atoms with Crippen LogP contribution in [0, 0.1) is 0 Å². The fourth-order valence-corrected chi connectivity index (χ4v) is 4.18. The van der Waals surface area contributed by atoms with Crippen molar-refractivity contribution in [2.24, 2.45) is 0 Å². The molecular weight excluding hydrogens is 314 g/mol. The van der Waals surface area contributed by atoms with Crippen molar-refractivity contribution >= 4 is 11.8 Å². The van der Waals surface area contributed by atoms with Gasteiger partial charge in [-0.1, -0.05) is 30.3 Å². The molecule has 25 heavy (non-hydrogen) atoms. The highest BCUT2D eigenvalue weighted by Crippen LogP contribution is 2.43. The number of rotatable bonds is 2. The van der Waals surface area contributed by atoms with Gasteiger partial charge in [0.2, 0.25) is 5.91 Å². The summed E-state index contributed by atoms with van der Waals surface area (Å²) in [7, 11) is 0. The molecule has 1 aromatic carbocycles. The van der Waals surface area contributed by atoms with Crippen LogP contribution in [0.2, 0.25) is 0 Å². The predicted molar refractivity (Wildman–Crippen MR) is 94.0 cm³/mol. The number of piperidine rings is 1. The minimum atomic E-state index is -0.229. The first-order valence-electron chi connectivity index (χ1n) is 8.73. The lowest BCUT2D eigenvalue weighted by atomic mass is 9.74. The quantitative estimate of drug-likeness (QED) is 0.916. The Hall–Kier alpha value is -2.69. The van der Waals surface area contributed by atoms with Gasteiger partial charge < -0.3 is 10.2 Å². The number of carbonyl (C=O) groups excluding carboxylic acids is 2. The number of hydrogen-bond acceptors (Lipinski definition) is 3. The minimum absolute atomic E-state index is 0.0397. The fourth-order valence-electron chi connectivity index (χ4n) is 4.18. The SMILES string of the molecule is O=C1CC(c2ccccc2)C2(CCN(C(=O)c3ccncc3)CC2)N1. The Morgan fingerprint density at radius 1 is 1.08 bits per heavy atom. The summed E-state index contributed by atoms with van der Waals surface area (Å²) in [6.45, 7) is 1.32. The van der Waals surface area contributed by atoms with Gasteiger partial charge in [0, 0.05) is 43.4 Å². The standard InChI is InChI=1S/C20H21N3O2/c24-18-14-17(15-4-2-1-3-5-15)20(22-18)8-12-23(13-9-20)19(25)16-6-10-21-11-7-16/h1-7,10-11,17H,8-9,12-14H2,(H,22,24). The topological polar surface area (TPSA) is 62.3 Å². The number of nitrogens with zero attached hydrogens (tertiary/aromatic N) is 2. The number of carbonyl (C=O) groups is 2. The minimum Gasteiger partial charge on any atom is -0.350 e. The molecular formula is C20H21N3O2. The summed E-state index contributed by atoms with van der Waals surface area (Å²) in [5.74, 6) is 0.333. The van der Waals surface area contributed by atoms with Gasteiger partial charge in [-0.15, -0.1) is 0 Å². The number of amides is 2. The maximum absolute atomic E-state index is 12.6. The molecule has 2 amide bonds. The van der Waals surface area contributed by atoms with Crippen molar-refractivity contribution in [1.29, 1.82) is 0 Å². The van der Waals surface area contributed by atoms with Gasteiger partial charge in [0.15, 0.2) is 0 Å². The van der Waals surface area contributed by atoms with Crippen molar-refractivity contribution in [1.82, 2.24) is 15.2 Å². The lowest BCUT2D eigenvalue weighted by Gasteiger charge is -2.43. The van der Waals surface area contributed by atoms with Gasteiger partial charge in [-0.2, -0.15) is 0 Å². The summed E-state index contributed by atoms with van der Waals surface area (Å²) in [6.07, 6.45) is 5.38. The molecule has 3 heterocycles. The monoisotopic (exact) mass is 335 g/mol. The molecule has 0 saturated carbocycles. The summed E-state index contributed by atoms with van der Waals surface area (Å²) in [5.41, 5.74) is 1.64. The number of benzene rings is 1. The van der Waals surface area contributed by atoms with Crippen LogP contribution in [0.15, 0.2) is 54.9 Å². The molecule has 1 atom stereocenters. The third-order valence-electron chi connectivity index (χ3n) is 5.52. The van der Waals surface area contributed by atoms with E-state index < -0.39 is 0 Å². The third kappa shape index (κ3) is 2.90. The summed E-state index contributed by atoms with van der Waals surface area (Å²) in [5, 5.41) is 3.23. The molecule has 4 rings (SSSR count). The van der Waals surface area contributed by atoms with Crippen LogP contribution in [0.5, 0.6) is 0 Å². The molecule has 5 nitrogen and oxygen atoms in total. The van der Waals surface area contributed by atoms with Gasteiger partial charge in [0.05, 0.1) is 5.54 Å². The average Bonchev–Trinajstić information content (AvgIpc) is 2.99. The van der Waals surface area contributed by atoms with Gasteiger partial charge >= 0.3 is 0 Å². The van der Waals surface area contributed by atoms with E-state index in [1.807, 2.05) is 23.1 Å². The van der Waals surface area contributed by atoms with Gasteiger partial charge in [0.1, 0.15) is 0 Å². The highest BCUT2D eigenvalue weighted by atomic mass is 16.2. The number of aromatic nitrogens is 1. The highest BCUT2D eigenvalue weighted by Gasteiger charge is 2.49. The lowest BCUT2D eigenvalue weighted by molar-refractivity contribution is -0.120. The Kier molecular flexibility index (Phi) is 3.99. The van der Waals surface area contributed by atoms with Crippen molar-refractivity contribution in [3.63, 3.8) is 0 Å². The van der Waals surface area contributed by atoms with Gasteiger partial charge in [-0.25, -0.2) is 0 Å². The molecule has 2 aromatic rings. The summed E-state index contributed by atoms with van der Waals surface area (Å²) in [6, 6.07) is 13.7. The normalized spacial score (nSPS) is 22.0. The van der Waals surface area contributed by atoms with E-state index in [0.29, 0.717) is 25.1 Å². The van der Waals surface area contributed by atoms with Crippen LogP contribution in [0.25, 0.3) is 0 Å². The molecule has 2 aliphatic rings. The number of nitrogens with one attached hydrogen (secondary N) is 1. The Morgan fingerprint density at radius 3 is 2.44 bits per heavy atom. The molecule has 0 aliphatic carbocycles. The predicted octanol–water partition coefficient (Wildman–Crippen LogP) is 2.36. The molecule has 0 bridgehead atoms. The molecule has 0 radical (unpaired) electrons.